The van der Waals surface area contributed by atoms with Crippen molar-refractivity contribution in [1.29, 1.82) is 0 Å². The molecule has 0 atom stereocenters. The van der Waals surface area contributed by atoms with Crippen molar-refractivity contribution in [2.75, 3.05) is 5.32 Å². The molecule has 0 heterocycles. The van der Waals surface area contributed by atoms with E-state index >= 15 is 0 Å². The first kappa shape index (κ1) is 18.3. The van der Waals surface area contributed by atoms with Gasteiger partial charge in [0, 0.05) is 23.9 Å². The summed E-state index contributed by atoms with van der Waals surface area (Å²) in [6, 6.07) is 9.08. The molecule has 2 aromatic rings. The molecule has 0 fully saturated rings. The lowest BCUT2D eigenvalue weighted by Gasteiger charge is -2.07. The Balaban J connectivity index is 2.08. The topological polar surface area (TPSA) is 106 Å². The van der Waals surface area contributed by atoms with E-state index in [4.69, 9.17) is 0 Å². The van der Waals surface area contributed by atoms with Crippen molar-refractivity contribution in [3.63, 3.8) is 0 Å². The SMILES string of the molecule is Cc1cc(S(=O)(=O)F)ccc1NC(=O)C=Cc1ccc([N+](=O)[O-])cc1. The summed E-state index contributed by atoms with van der Waals surface area (Å²) in [4.78, 5) is 21.5. The van der Waals surface area contributed by atoms with E-state index < -0.39 is 25.9 Å². The molecule has 1 amide bonds. The molecule has 130 valence electrons. The molecule has 0 saturated carbocycles. The smallest absolute Gasteiger partial charge is 0.322 e. The Labute approximate surface area is 143 Å². The minimum atomic E-state index is -4.80. The third kappa shape index (κ3) is 4.95. The van der Waals surface area contributed by atoms with Gasteiger partial charge in [0.1, 0.15) is 0 Å². The van der Waals surface area contributed by atoms with E-state index in [9.17, 15) is 27.2 Å². The summed E-state index contributed by atoms with van der Waals surface area (Å²) in [7, 11) is -4.80. The van der Waals surface area contributed by atoms with Gasteiger partial charge >= 0.3 is 10.2 Å². The van der Waals surface area contributed by atoms with Crippen LogP contribution in [0.15, 0.2) is 53.4 Å². The van der Waals surface area contributed by atoms with Gasteiger partial charge in [0.25, 0.3) is 5.69 Å². The van der Waals surface area contributed by atoms with Gasteiger partial charge in [-0.1, -0.05) is 0 Å². The molecule has 0 aliphatic heterocycles. The molecule has 0 bridgehead atoms. The number of carbonyl (C=O) groups is 1. The van der Waals surface area contributed by atoms with Crippen LogP contribution in [-0.2, 0) is 15.0 Å². The average molecular weight is 364 g/mol. The number of carbonyl (C=O) groups excluding carboxylic acids is 1. The van der Waals surface area contributed by atoms with E-state index in [2.05, 4.69) is 5.32 Å². The van der Waals surface area contributed by atoms with Gasteiger partial charge in [-0.15, -0.1) is 3.89 Å². The summed E-state index contributed by atoms with van der Waals surface area (Å²) in [5, 5.41) is 13.1. The van der Waals surface area contributed by atoms with Crippen LogP contribution in [0.1, 0.15) is 11.1 Å². The number of hydrogen-bond donors (Lipinski definition) is 1. The van der Waals surface area contributed by atoms with Crippen molar-refractivity contribution in [1.82, 2.24) is 0 Å². The molecule has 2 rings (SSSR count). The molecule has 0 aliphatic rings. The van der Waals surface area contributed by atoms with Crippen LogP contribution in [0.2, 0.25) is 0 Å². The highest BCUT2D eigenvalue weighted by molar-refractivity contribution is 7.86. The number of aryl methyl sites for hydroxylation is 1. The van der Waals surface area contributed by atoms with Crippen LogP contribution in [0.5, 0.6) is 0 Å². The quantitative estimate of drug-likeness (QED) is 0.379. The van der Waals surface area contributed by atoms with Gasteiger partial charge in [0.2, 0.25) is 5.91 Å². The summed E-state index contributed by atoms with van der Waals surface area (Å²) < 4.78 is 34.6. The first-order valence-corrected chi connectivity index (χ1v) is 8.34. The summed E-state index contributed by atoms with van der Waals surface area (Å²) in [5.74, 6) is -0.489. The van der Waals surface area contributed by atoms with E-state index in [1.807, 2.05) is 0 Å². The van der Waals surface area contributed by atoms with E-state index in [1.54, 1.807) is 0 Å². The molecule has 0 aromatic heterocycles. The number of hydrogen-bond acceptors (Lipinski definition) is 5. The van der Waals surface area contributed by atoms with Crippen LogP contribution in [0, 0.1) is 17.0 Å². The molecule has 0 spiro atoms. The van der Waals surface area contributed by atoms with Gasteiger partial charge in [-0.25, -0.2) is 0 Å². The Morgan fingerprint density at radius 1 is 1.20 bits per heavy atom. The summed E-state index contributed by atoms with van der Waals surface area (Å²) in [5.41, 5.74) is 1.26. The fraction of sp³-hybridized carbons (Fsp3) is 0.0625. The van der Waals surface area contributed by atoms with Crippen molar-refractivity contribution in [2.24, 2.45) is 0 Å². The number of non-ortho nitro benzene ring substituents is 1. The van der Waals surface area contributed by atoms with E-state index in [1.165, 1.54) is 49.4 Å². The largest absolute Gasteiger partial charge is 0.332 e. The van der Waals surface area contributed by atoms with Crippen LogP contribution in [0.4, 0.5) is 15.3 Å². The number of rotatable bonds is 5. The highest BCUT2D eigenvalue weighted by Gasteiger charge is 2.13. The number of nitrogens with one attached hydrogen (secondary N) is 1. The molecule has 1 N–H and O–H groups in total. The normalized spacial score (nSPS) is 11.4. The third-order valence-corrected chi connectivity index (χ3v) is 4.09. The van der Waals surface area contributed by atoms with Crippen LogP contribution in [-0.4, -0.2) is 19.2 Å². The second-order valence-corrected chi connectivity index (χ2v) is 6.43. The zero-order valence-electron chi connectivity index (χ0n) is 13.0. The Morgan fingerprint density at radius 2 is 1.84 bits per heavy atom. The second kappa shape index (κ2) is 7.22. The predicted octanol–water partition coefficient (Wildman–Crippen LogP) is 3.21. The molecule has 7 nitrogen and oxygen atoms in total. The van der Waals surface area contributed by atoms with Crippen molar-refractivity contribution < 1.29 is 22.0 Å². The molecule has 2 aromatic carbocycles. The summed E-state index contributed by atoms with van der Waals surface area (Å²) in [6.07, 6.45) is 2.69. The average Bonchev–Trinajstić information content (AvgIpc) is 2.54. The fourth-order valence-corrected chi connectivity index (χ4v) is 2.53. The molecule has 25 heavy (non-hydrogen) atoms. The van der Waals surface area contributed by atoms with Gasteiger partial charge in [-0.3, -0.25) is 14.9 Å². The maximum absolute atomic E-state index is 12.9. The minimum Gasteiger partial charge on any atom is -0.322 e. The van der Waals surface area contributed by atoms with E-state index in [0.717, 1.165) is 12.1 Å². The molecule has 9 heteroatoms. The van der Waals surface area contributed by atoms with Crippen LogP contribution in [0.25, 0.3) is 6.08 Å². The number of nitrogens with zero attached hydrogens (tertiary/aromatic N) is 1. The van der Waals surface area contributed by atoms with Gasteiger partial charge in [0.05, 0.1) is 9.82 Å². The van der Waals surface area contributed by atoms with Crippen LogP contribution >= 0.6 is 0 Å². The maximum Gasteiger partial charge on any atom is 0.332 e. The van der Waals surface area contributed by atoms with Crippen molar-refractivity contribution >= 4 is 33.6 Å². The van der Waals surface area contributed by atoms with Gasteiger partial charge in [0.15, 0.2) is 0 Å². The lowest BCUT2D eigenvalue weighted by atomic mass is 10.2. The first-order chi connectivity index (χ1) is 11.7. The zero-order chi connectivity index (χ0) is 18.6. The standard InChI is InChI=1S/C16H13FN2O5S/c1-11-10-14(25(17,23)24)7-8-15(11)18-16(20)9-4-12-2-5-13(6-3-12)19(21)22/h2-10H,1H3,(H,18,20). The Kier molecular flexibility index (Phi) is 5.28. The number of halogens is 1. The van der Waals surface area contributed by atoms with Crippen molar-refractivity contribution in [2.45, 2.75) is 11.8 Å². The molecule has 0 aliphatic carbocycles. The monoisotopic (exact) mass is 364 g/mol. The van der Waals surface area contributed by atoms with E-state index in [0.29, 0.717) is 16.8 Å². The zero-order valence-corrected chi connectivity index (χ0v) is 13.8. The highest BCUT2D eigenvalue weighted by atomic mass is 32.3. The number of nitro benzene ring substituents is 1. The molecular weight excluding hydrogens is 351 g/mol. The highest BCUT2D eigenvalue weighted by Crippen LogP contribution is 2.21. The van der Waals surface area contributed by atoms with E-state index in [-0.39, 0.29) is 5.69 Å². The minimum absolute atomic E-state index is 0.0554. The number of benzene rings is 2. The maximum atomic E-state index is 12.9. The Hall–Kier alpha value is -3.07. The predicted molar refractivity (Wildman–Crippen MR) is 90.2 cm³/mol. The lowest BCUT2D eigenvalue weighted by molar-refractivity contribution is -0.384. The van der Waals surface area contributed by atoms with Crippen LogP contribution in [0.3, 0.4) is 0 Å². The molecule has 0 saturated heterocycles. The number of nitro groups is 1. The molecular formula is C16H13FN2O5S. The Morgan fingerprint density at radius 3 is 2.36 bits per heavy atom. The summed E-state index contributed by atoms with van der Waals surface area (Å²) >= 11 is 0. The number of amides is 1. The second-order valence-electron chi connectivity index (χ2n) is 5.09. The Bertz CT molecular complexity index is 953. The fourth-order valence-electron chi connectivity index (χ4n) is 1.98. The van der Waals surface area contributed by atoms with Gasteiger partial charge < -0.3 is 5.32 Å². The molecule has 0 radical (unpaired) electrons. The lowest BCUT2D eigenvalue weighted by Crippen LogP contribution is -2.09. The first-order valence-electron chi connectivity index (χ1n) is 6.95. The molecule has 0 unspecified atom stereocenters. The summed E-state index contributed by atoms with van der Waals surface area (Å²) in [6.45, 7) is 1.53. The third-order valence-electron chi connectivity index (χ3n) is 3.27. The van der Waals surface area contributed by atoms with Gasteiger partial charge in [-0.2, -0.15) is 8.42 Å². The van der Waals surface area contributed by atoms with Gasteiger partial charge in [-0.05, 0) is 54.5 Å². The number of anilines is 1. The van der Waals surface area contributed by atoms with Crippen molar-refractivity contribution in [3.05, 3.63) is 69.8 Å². The van der Waals surface area contributed by atoms with Crippen molar-refractivity contribution in [3.8, 4) is 0 Å². The van der Waals surface area contributed by atoms with Crippen LogP contribution < -0.4 is 5.32 Å².